The monoisotopic (exact) mass is 263 g/mol. The molecule has 0 bridgehead atoms. The van der Waals surface area contributed by atoms with Crippen LogP contribution in [0, 0.1) is 0 Å². The van der Waals surface area contributed by atoms with Crippen molar-refractivity contribution in [1.82, 2.24) is 9.55 Å². The first-order valence-electron chi connectivity index (χ1n) is 5.75. The average Bonchev–Trinajstić information content (AvgIpc) is 2.77. The number of carbonyl (C=O) groups is 1. The van der Waals surface area contributed by atoms with Crippen molar-refractivity contribution in [3.05, 3.63) is 47.0 Å². The Bertz CT molecular complexity index is 577. The standard InChI is InChI=1S/C13H14ClN3O/c1-2-3-12-16-6-7-17(12)11-5-4-9(13(15)18)8-10(11)14/h4-8H,2-3H2,1H3,(H2,15,18). The lowest BCUT2D eigenvalue weighted by Crippen LogP contribution is -2.11. The van der Waals surface area contributed by atoms with Crippen molar-refractivity contribution in [3.63, 3.8) is 0 Å². The van der Waals surface area contributed by atoms with Gasteiger partial charge < -0.3 is 10.3 Å². The molecule has 1 amide bonds. The number of hydrogen-bond donors (Lipinski definition) is 1. The predicted molar refractivity (Wildman–Crippen MR) is 71.1 cm³/mol. The molecule has 0 aliphatic heterocycles. The Labute approximate surface area is 110 Å². The molecule has 0 aliphatic carbocycles. The number of nitrogens with zero attached hydrogens (tertiary/aromatic N) is 2. The Hall–Kier alpha value is -1.81. The normalized spacial score (nSPS) is 10.6. The maximum atomic E-state index is 11.1. The Kier molecular flexibility index (Phi) is 3.67. The minimum Gasteiger partial charge on any atom is -0.366 e. The van der Waals surface area contributed by atoms with Gasteiger partial charge in [-0.15, -0.1) is 0 Å². The van der Waals surface area contributed by atoms with Crippen LogP contribution >= 0.6 is 11.6 Å². The number of amides is 1. The van der Waals surface area contributed by atoms with Gasteiger partial charge in [0.25, 0.3) is 0 Å². The zero-order valence-corrected chi connectivity index (χ0v) is 10.8. The molecule has 0 unspecified atom stereocenters. The van der Waals surface area contributed by atoms with E-state index >= 15 is 0 Å². The van der Waals surface area contributed by atoms with Gasteiger partial charge in [-0.2, -0.15) is 0 Å². The van der Waals surface area contributed by atoms with E-state index in [1.54, 1.807) is 24.4 Å². The lowest BCUT2D eigenvalue weighted by atomic mass is 10.2. The van der Waals surface area contributed by atoms with Gasteiger partial charge >= 0.3 is 0 Å². The highest BCUT2D eigenvalue weighted by molar-refractivity contribution is 6.32. The van der Waals surface area contributed by atoms with Crippen LogP contribution in [-0.2, 0) is 6.42 Å². The van der Waals surface area contributed by atoms with Crippen molar-refractivity contribution in [2.75, 3.05) is 0 Å². The third-order valence-corrected chi connectivity index (χ3v) is 2.99. The lowest BCUT2D eigenvalue weighted by Gasteiger charge is -2.10. The predicted octanol–water partition coefficient (Wildman–Crippen LogP) is 2.58. The van der Waals surface area contributed by atoms with Crippen molar-refractivity contribution in [3.8, 4) is 5.69 Å². The first kappa shape index (κ1) is 12.6. The lowest BCUT2D eigenvalue weighted by molar-refractivity contribution is 0.100. The van der Waals surface area contributed by atoms with Gasteiger partial charge in [-0.05, 0) is 24.6 Å². The number of carbonyl (C=O) groups excluding carboxylic acids is 1. The highest BCUT2D eigenvalue weighted by atomic mass is 35.5. The largest absolute Gasteiger partial charge is 0.366 e. The number of aromatic nitrogens is 2. The summed E-state index contributed by atoms with van der Waals surface area (Å²) in [6, 6.07) is 5.03. The molecule has 94 valence electrons. The van der Waals surface area contributed by atoms with Crippen LogP contribution in [0.2, 0.25) is 5.02 Å². The summed E-state index contributed by atoms with van der Waals surface area (Å²) in [6.45, 7) is 2.09. The summed E-state index contributed by atoms with van der Waals surface area (Å²) < 4.78 is 1.93. The van der Waals surface area contributed by atoms with Gasteiger partial charge in [0.05, 0.1) is 10.7 Å². The molecule has 0 fully saturated rings. The summed E-state index contributed by atoms with van der Waals surface area (Å²) in [4.78, 5) is 15.4. The van der Waals surface area contributed by atoms with Crippen LogP contribution in [0.15, 0.2) is 30.6 Å². The van der Waals surface area contributed by atoms with Crippen molar-refractivity contribution >= 4 is 17.5 Å². The molecule has 2 aromatic rings. The molecule has 1 heterocycles. The molecule has 5 heteroatoms. The first-order valence-corrected chi connectivity index (χ1v) is 6.13. The van der Waals surface area contributed by atoms with E-state index in [0.29, 0.717) is 10.6 Å². The third-order valence-electron chi connectivity index (χ3n) is 2.68. The second kappa shape index (κ2) is 5.23. The van der Waals surface area contributed by atoms with Crippen molar-refractivity contribution < 1.29 is 4.79 Å². The van der Waals surface area contributed by atoms with E-state index in [1.165, 1.54) is 0 Å². The molecular weight excluding hydrogens is 250 g/mol. The van der Waals surface area contributed by atoms with E-state index in [1.807, 2.05) is 10.8 Å². The second-order valence-electron chi connectivity index (χ2n) is 3.99. The minimum absolute atomic E-state index is 0.404. The number of hydrogen-bond acceptors (Lipinski definition) is 2. The fourth-order valence-corrected chi connectivity index (χ4v) is 2.09. The number of primary amides is 1. The topological polar surface area (TPSA) is 60.9 Å². The molecule has 1 aromatic carbocycles. The number of aryl methyl sites for hydroxylation is 1. The molecule has 1 aromatic heterocycles. The van der Waals surface area contributed by atoms with E-state index < -0.39 is 5.91 Å². The Balaban J connectivity index is 2.44. The molecule has 2 N–H and O–H groups in total. The number of imidazole rings is 1. The van der Waals surface area contributed by atoms with Crippen LogP contribution in [0.5, 0.6) is 0 Å². The van der Waals surface area contributed by atoms with E-state index in [9.17, 15) is 4.79 Å². The van der Waals surface area contributed by atoms with E-state index in [0.717, 1.165) is 24.4 Å². The molecule has 2 rings (SSSR count). The van der Waals surface area contributed by atoms with Gasteiger partial charge in [-0.3, -0.25) is 4.79 Å². The van der Waals surface area contributed by atoms with Gasteiger partial charge in [0.15, 0.2) is 0 Å². The molecule has 0 saturated heterocycles. The number of halogens is 1. The molecule has 0 aliphatic rings. The highest BCUT2D eigenvalue weighted by Crippen LogP contribution is 2.23. The van der Waals surface area contributed by atoms with Crippen LogP contribution in [0.3, 0.4) is 0 Å². The van der Waals surface area contributed by atoms with E-state index in [4.69, 9.17) is 17.3 Å². The Morgan fingerprint density at radius 3 is 2.89 bits per heavy atom. The average molecular weight is 264 g/mol. The zero-order chi connectivity index (χ0) is 13.1. The highest BCUT2D eigenvalue weighted by Gasteiger charge is 2.10. The molecule has 0 saturated carbocycles. The quantitative estimate of drug-likeness (QED) is 0.922. The smallest absolute Gasteiger partial charge is 0.248 e. The number of rotatable bonds is 4. The van der Waals surface area contributed by atoms with Gasteiger partial charge in [-0.1, -0.05) is 18.5 Å². The van der Waals surface area contributed by atoms with Gasteiger partial charge in [0.1, 0.15) is 5.82 Å². The summed E-state index contributed by atoms with van der Waals surface area (Å²) in [6.07, 6.45) is 5.48. The van der Waals surface area contributed by atoms with Crippen LogP contribution in [-0.4, -0.2) is 15.5 Å². The SMILES string of the molecule is CCCc1nccn1-c1ccc(C(N)=O)cc1Cl. The van der Waals surface area contributed by atoms with Crippen LogP contribution in [0.1, 0.15) is 29.5 Å². The summed E-state index contributed by atoms with van der Waals surface area (Å²) in [5.74, 6) is 0.467. The molecule has 18 heavy (non-hydrogen) atoms. The van der Waals surface area contributed by atoms with Crippen LogP contribution < -0.4 is 5.73 Å². The first-order chi connectivity index (χ1) is 8.63. The van der Waals surface area contributed by atoms with Crippen molar-refractivity contribution in [2.45, 2.75) is 19.8 Å². The number of nitrogens with two attached hydrogens (primary N) is 1. The fourth-order valence-electron chi connectivity index (χ4n) is 1.82. The number of benzene rings is 1. The van der Waals surface area contributed by atoms with Gasteiger partial charge in [0, 0.05) is 24.4 Å². The summed E-state index contributed by atoms with van der Waals surface area (Å²) in [5, 5.41) is 0.488. The third kappa shape index (κ3) is 2.38. The summed E-state index contributed by atoms with van der Waals surface area (Å²) >= 11 is 6.18. The molecule has 0 atom stereocenters. The fraction of sp³-hybridized carbons (Fsp3) is 0.231. The minimum atomic E-state index is -0.483. The van der Waals surface area contributed by atoms with Gasteiger partial charge in [-0.25, -0.2) is 4.98 Å². The Morgan fingerprint density at radius 2 is 2.28 bits per heavy atom. The maximum absolute atomic E-state index is 11.1. The summed E-state index contributed by atoms with van der Waals surface area (Å²) in [7, 11) is 0. The molecule has 4 nitrogen and oxygen atoms in total. The molecular formula is C13H14ClN3O. The Morgan fingerprint density at radius 1 is 1.50 bits per heavy atom. The molecule has 0 radical (unpaired) electrons. The second-order valence-corrected chi connectivity index (χ2v) is 4.40. The van der Waals surface area contributed by atoms with Gasteiger partial charge in [0.2, 0.25) is 5.91 Å². The van der Waals surface area contributed by atoms with Crippen LogP contribution in [0.4, 0.5) is 0 Å². The van der Waals surface area contributed by atoms with Crippen molar-refractivity contribution in [2.24, 2.45) is 5.73 Å². The maximum Gasteiger partial charge on any atom is 0.248 e. The van der Waals surface area contributed by atoms with E-state index in [-0.39, 0.29) is 0 Å². The zero-order valence-electron chi connectivity index (χ0n) is 10.1. The van der Waals surface area contributed by atoms with Crippen LogP contribution in [0.25, 0.3) is 5.69 Å². The van der Waals surface area contributed by atoms with Crippen molar-refractivity contribution in [1.29, 1.82) is 0 Å². The molecule has 0 spiro atoms. The summed E-state index contributed by atoms with van der Waals surface area (Å²) in [5.41, 5.74) is 6.42. The van der Waals surface area contributed by atoms with E-state index in [2.05, 4.69) is 11.9 Å².